The van der Waals surface area contributed by atoms with E-state index in [1.165, 1.54) is 0 Å². The number of rotatable bonds is 6. The average molecular weight is 232 g/mol. The van der Waals surface area contributed by atoms with E-state index in [1.807, 2.05) is 39.9 Å². The van der Waals surface area contributed by atoms with Gasteiger partial charge in [-0.15, -0.1) is 0 Å². The summed E-state index contributed by atoms with van der Waals surface area (Å²) in [6.07, 6.45) is 1.55. The quantitative estimate of drug-likeness (QED) is 0.715. The van der Waals surface area contributed by atoms with Crippen LogP contribution in [0.25, 0.3) is 0 Å². The van der Waals surface area contributed by atoms with Crippen molar-refractivity contribution in [3.63, 3.8) is 0 Å². The Labute approximate surface area is 94.3 Å². The first-order valence-corrected chi connectivity index (χ1v) is 7.87. The van der Waals surface area contributed by atoms with Gasteiger partial charge in [0.1, 0.15) is 0 Å². The lowest BCUT2D eigenvalue weighted by Gasteiger charge is -2.28. The third-order valence-corrected chi connectivity index (χ3v) is 4.29. The molecule has 0 radical (unpaired) electrons. The summed E-state index contributed by atoms with van der Waals surface area (Å²) < 4.78 is 11.6. The summed E-state index contributed by atoms with van der Waals surface area (Å²) in [7, 11) is -2.28. The van der Waals surface area contributed by atoms with Crippen molar-refractivity contribution in [1.29, 1.82) is 0 Å². The van der Waals surface area contributed by atoms with Gasteiger partial charge in [-0.05, 0) is 46.9 Å². The van der Waals surface area contributed by atoms with Crippen molar-refractivity contribution >= 4 is 8.56 Å². The number of aliphatic hydroxyl groups excluding tert-OH is 1. The van der Waals surface area contributed by atoms with Gasteiger partial charge in [-0.1, -0.05) is 6.08 Å². The molecule has 15 heavy (non-hydrogen) atoms. The SMILES string of the molecule is CC(O)/C=C/[Si](C)(OC(C)C)OC(C)C. The van der Waals surface area contributed by atoms with Crippen LogP contribution in [-0.4, -0.2) is 32.0 Å². The molecule has 90 valence electrons. The molecule has 0 amide bonds. The largest absolute Gasteiger partial charge is 0.389 e. The lowest BCUT2D eigenvalue weighted by atomic mass is 10.4. The van der Waals surface area contributed by atoms with Crippen molar-refractivity contribution in [3.05, 3.63) is 11.8 Å². The molecule has 0 spiro atoms. The van der Waals surface area contributed by atoms with Crippen molar-refractivity contribution in [2.24, 2.45) is 0 Å². The zero-order chi connectivity index (χ0) is 12.1. The first-order chi connectivity index (χ1) is 6.75. The molecule has 0 bridgehead atoms. The maximum Gasteiger partial charge on any atom is 0.362 e. The fraction of sp³-hybridized carbons (Fsp3) is 0.818. The first-order valence-electron chi connectivity index (χ1n) is 5.48. The van der Waals surface area contributed by atoms with Gasteiger partial charge >= 0.3 is 8.56 Å². The summed E-state index contributed by atoms with van der Waals surface area (Å²) in [6, 6.07) is 0. The van der Waals surface area contributed by atoms with Gasteiger partial charge in [0.05, 0.1) is 6.10 Å². The normalized spacial score (nSPS) is 15.5. The number of hydrogen-bond acceptors (Lipinski definition) is 3. The Morgan fingerprint density at radius 3 is 1.67 bits per heavy atom. The van der Waals surface area contributed by atoms with Crippen LogP contribution < -0.4 is 0 Å². The van der Waals surface area contributed by atoms with E-state index in [0.29, 0.717) is 0 Å². The Morgan fingerprint density at radius 2 is 1.40 bits per heavy atom. The highest BCUT2D eigenvalue weighted by Gasteiger charge is 2.30. The molecule has 0 aromatic carbocycles. The van der Waals surface area contributed by atoms with E-state index in [-0.39, 0.29) is 12.2 Å². The molecule has 1 unspecified atom stereocenters. The molecule has 1 N–H and O–H groups in total. The molecule has 4 heteroatoms. The predicted molar refractivity (Wildman–Crippen MR) is 64.9 cm³/mol. The lowest BCUT2D eigenvalue weighted by Crippen LogP contribution is -2.41. The van der Waals surface area contributed by atoms with Crippen LogP contribution in [0.2, 0.25) is 6.55 Å². The Hall–Kier alpha value is -0.163. The van der Waals surface area contributed by atoms with Crippen LogP contribution >= 0.6 is 0 Å². The van der Waals surface area contributed by atoms with Crippen LogP contribution in [0.5, 0.6) is 0 Å². The molecule has 0 aromatic rings. The van der Waals surface area contributed by atoms with Crippen LogP contribution in [0.3, 0.4) is 0 Å². The van der Waals surface area contributed by atoms with Gasteiger partial charge < -0.3 is 14.0 Å². The smallest absolute Gasteiger partial charge is 0.362 e. The van der Waals surface area contributed by atoms with E-state index >= 15 is 0 Å². The third kappa shape index (κ3) is 7.73. The van der Waals surface area contributed by atoms with Crippen molar-refractivity contribution < 1.29 is 14.0 Å². The van der Waals surface area contributed by atoms with Crippen molar-refractivity contribution in [2.45, 2.75) is 59.5 Å². The zero-order valence-corrected chi connectivity index (χ0v) is 11.7. The first kappa shape index (κ1) is 14.8. The number of aliphatic hydroxyl groups is 1. The van der Waals surface area contributed by atoms with Crippen LogP contribution in [0, 0.1) is 0 Å². The van der Waals surface area contributed by atoms with E-state index in [2.05, 4.69) is 0 Å². The van der Waals surface area contributed by atoms with Gasteiger partial charge in [0.15, 0.2) is 0 Å². The number of hydrogen-bond donors (Lipinski definition) is 1. The zero-order valence-electron chi connectivity index (χ0n) is 10.7. The van der Waals surface area contributed by atoms with Gasteiger partial charge in [-0.25, -0.2) is 0 Å². The minimum absolute atomic E-state index is 0.138. The fourth-order valence-electron chi connectivity index (χ4n) is 1.36. The third-order valence-electron chi connectivity index (χ3n) is 1.62. The van der Waals surface area contributed by atoms with Crippen molar-refractivity contribution in [3.8, 4) is 0 Å². The molecule has 0 heterocycles. The van der Waals surface area contributed by atoms with Gasteiger partial charge in [0.25, 0.3) is 0 Å². The lowest BCUT2D eigenvalue weighted by molar-refractivity contribution is 0.118. The minimum atomic E-state index is -2.28. The molecule has 0 rings (SSSR count). The fourth-order valence-corrected chi connectivity index (χ4v) is 4.07. The van der Waals surface area contributed by atoms with Crippen molar-refractivity contribution in [1.82, 2.24) is 0 Å². The monoisotopic (exact) mass is 232 g/mol. The van der Waals surface area contributed by atoms with Crippen LogP contribution in [-0.2, 0) is 8.85 Å². The molecule has 0 aliphatic rings. The molecule has 0 aliphatic heterocycles. The van der Waals surface area contributed by atoms with E-state index in [4.69, 9.17) is 8.85 Å². The maximum absolute atomic E-state index is 9.21. The molecular weight excluding hydrogens is 208 g/mol. The molecule has 0 saturated heterocycles. The summed E-state index contributed by atoms with van der Waals surface area (Å²) >= 11 is 0. The van der Waals surface area contributed by atoms with E-state index in [1.54, 1.807) is 13.0 Å². The summed E-state index contributed by atoms with van der Waals surface area (Å²) in [4.78, 5) is 0. The average Bonchev–Trinajstić information content (AvgIpc) is 1.97. The Morgan fingerprint density at radius 1 is 1.00 bits per heavy atom. The second kappa shape index (κ2) is 6.43. The van der Waals surface area contributed by atoms with Gasteiger partial charge in [-0.2, -0.15) is 0 Å². The van der Waals surface area contributed by atoms with Crippen LogP contribution in [0.4, 0.5) is 0 Å². The second-order valence-electron chi connectivity index (χ2n) is 4.45. The van der Waals surface area contributed by atoms with Crippen molar-refractivity contribution in [2.75, 3.05) is 0 Å². The summed E-state index contributed by atoms with van der Waals surface area (Å²) in [6.45, 7) is 11.7. The van der Waals surface area contributed by atoms with Gasteiger partial charge in [0.2, 0.25) is 0 Å². The molecule has 1 atom stereocenters. The molecule has 0 aromatic heterocycles. The summed E-state index contributed by atoms with van der Waals surface area (Å²) in [5.41, 5.74) is 1.90. The topological polar surface area (TPSA) is 38.7 Å². The molecular formula is C11H24O3Si. The predicted octanol–water partition coefficient (Wildman–Crippen LogP) is 2.38. The highest BCUT2D eigenvalue weighted by Crippen LogP contribution is 2.15. The molecule has 0 saturated carbocycles. The Kier molecular flexibility index (Phi) is 6.36. The summed E-state index contributed by atoms with van der Waals surface area (Å²) in [5.74, 6) is 0. The van der Waals surface area contributed by atoms with Gasteiger partial charge in [0, 0.05) is 12.2 Å². The molecule has 3 nitrogen and oxygen atoms in total. The highest BCUT2D eigenvalue weighted by atomic mass is 28.4. The van der Waals surface area contributed by atoms with E-state index < -0.39 is 14.7 Å². The van der Waals surface area contributed by atoms with E-state index in [9.17, 15) is 5.11 Å². The van der Waals surface area contributed by atoms with Crippen LogP contribution in [0.1, 0.15) is 34.6 Å². The Balaban J connectivity index is 4.53. The summed E-state index contributed by atoms with van der Waals surface area (Å²) in [5, 5.41) is 9.21. The standard InChI is InChI=1S/C11H24O3Si/c1-9(2)13-15(6,14-10(3)4)8-7-11(5)12/h7-12H,1-6H3/b8-7+. The highest BCUT2D eigenvalue weighted by molar-refractivity contribution is 6.71. The molecule has 0 fully saturated rings. The van der Waals surface area contributed by atoms with Crippen LogP contribution in [0.15, 0.2) is 11.8 Å². The maximum atomic E-state index is 9.21. The second-order valence-corrected chi connectivity index (χ2v) is 7.29. The van der Waals surface area contributed by atoms with Gasteiger partial charge in [-0.3, -0.25) is 0 Å². The minimum Gasteiger partial charge on any atom is -0.389 e. The van der Waals surface area contributed by atoms with E-state index in [0.717, 1.165) is 0 Å². The molecule has 0 aliphatic carbocycles. The Bertz CT molecular complexity index is 190.